The van der Waals surface area contributed by atoms with Crippen LogP contribution in [0.15, 0.2) is 12.2 Å². The van der Waals surface area contributed by atoms with E-state index in [0.29, 0.717) is 12.3 Å². The number of hydrogen-bond donors (Lipinski definition) is 0. The van der Waals surface area contributed by atoms with Crippen LogP contribution in [0.3, 0.4) is 0 Å². The summed E-state index contributed by atoms with van der Waals surface area (Å²) in [5, 5.41) is 8.91. The Morgan fingerprint density at radius 2 is 1.88 bits per heavy atom. The third kappa shape index (κ3) is 4.71. The lowest BCUT2D eigenvalue weighted by atomic mass is 9.95. The SMILES string of the molecule is CCC=CCC(=O)N1CCC(c2nnc(CN3CCOCC3)n2C)CC1. The summed E-state index contributed by atoms with van der Waals surface area (Å²) in [5.74, 6) is 2.71. The van der Waals surface area contributed by atoms with E-state index in [1.54, 1.807) is 0 Å². The van der Waals surface area contributed by atoms with Gasteiger partial charge in [0.25, 0.3) is 0 Å². The van der Waals surface area contributed by atoms with Gasteiger partial charge in [-0.25, -0.2) is 0 Å². The van der Waals surface area contributed by atoms with E-state index < -0.39 is 0 Å². The van der Waals surface area contributed by atoms with Crippen molar-refractivity contribution in [3.8, 4) is 0 Å². The molecule has 0 unspecified atom stereocenters. The predicted molar refractivity (Wildman–Crippen MR) is 99.7 cm³/mol. The van der Waals surface area contributed by atoms with E-state index in [1.807, 2.05) is 11.0 Å². The second-order valence-corrected chi connectivity index (χ2v) is 7.16. The van der Waals surface area contributed by atoms with Crippen molar-refractivity contribution in [2.45, 2.75) is 45.1 Å². The number of morpholine rings is 1. The number of amides is 1. The van der Waals surface area contributed by atoms with Crippen molar-refractivity contribution in [3.05, 3.63) is 23.8 Å². The number of ether oxygens (including phenoxy) is 1. The minimum atomic E-state index is 0.235. The highest BCUT2D eigenvalue weighted by atomic mass is 16.5. The first-order valence-electron chi connectivity index (χ1n) is 9.80. The van der Waals surface area contributed by atoms with Crippen LogP contribution in [-0.2, 0) is 23.1 Å². The van der Waals surface area contributed by atoms with Crippen molar-refractivity contribution >= 4 is 5.91 Å². The van der Waals surface area contributed by atoms with Gasteiger partial charge in [-0.05, 0) is 19.3 Å². The Bertz CT molecular complexity index is 613. The number of carbonyl (C=O) groups is 1. The fourth-order valence-electron chi connectivity index (χ4n) is 3.69. The Hall–Kier alpha value is -1.73. The summed E-state index contributed by atoms with van der Waals surface area (Å²) in [5.41, 5.74) is 0. The largest absolute Gasteiger partial charge is 0.379 e. The van der Waals surface area contributed by atoms with Crippen LogP contribution in [0, 0.1) is 0 Å². The van der Waals surface area contributed by atoms with Gasteiger partial charge < -0.3 is 14.2 Å². The fourth-order valence-corrected chi connectivity index (χ4v) is 3.69. The number of allylic oxidation sites excluding steroid dienone is 1. The van der Waals surface area contributed by atoms with E-state index in [0.717, 1.165) is 76.8 Å². The predicted octanol–water partition coefficient (Wildman–Crippen LogP) is 1.71. The molecular weight excluding hydrogens is 330 g/mol. The number of carbonyl (C=O) groups excluding carboxylic acids is 1. The Morgan fingerprint density at radius 3 is 2.58 bits per heavy atom. The van der Waals surface area contributed by atoms with E-state index in [1.165, 1.54) is 0 Å². The molecule has 3 heterocycles. The van der Waals surface area contributed by atoms with Crippen LogP contribution in [-0.4, -0.2) is 69.9 Å². The molecule has 2 aliphatic heterocycles. The van der Waals surface area contributed by atoms with Crippen molar-refractivity contribution in [1.82, 2.24) is 24.6 Å². The minimum Gasteiger partial charge on any atom is -0.379 e. The standard InChI is InChI=1S/C19H31N5O2/c1-3-4-5-6-18(25)24-9-7-16(8-10-24)19-21-20-17(22(19)2)15-23-11-13-26-14-12-23/h4-5,16H,3,6-15H2,1-2H3. The van der Waals surface area contributed by atoms with Gasteiger partial charge in [0.15, 0.2) is 0 Å². The number of likely N-dealkylation sites (tertiary alicyclic amines) is 1. The third-order valence-corrected chi connectivity index (χ3v) is 5.38. The van der Waals surface area contributed by atoms with Crippen LogP contribution in [0.4, 0.5) is 0 Å². The van der Waals surface area contributed by atoms with Gasteiger partial charge in [-0.15, -0.1) is 10.2 Å². The molecule has 26 heavy (non-hydrogen) atoms. The Balaban J connectivity index is 1.53. The number of nitrogens with zero attached hydrogens (tertiary/aromatic N) is 5. The van der Waals surface area contributed by atoms with Gasteiger partial charge >= 0.3 is 0 Å². The van der Waals surface area contributed by atoms with Crippen LogP contribution in [0.25, 0.3) is 0 Å². The van der Waals surface area contributed by atoms with E-state index in [-0.39, 0.29) is 5.91 Å². The van der Waals surface area contributed by atoms with Gasteiger partial charge in [0.05, 0.1) is 19.8 Å². The maximum atomic E-state index is 12.2. The zero-order chi connectivity index (χ0) is 18.4. The lowest BCUT2D eigenvalue weighted by Crippen LogP contribution is -2.38. The number of piperidine rings is 1. The third-order valence-electron chi connectivity index (χ3n) is 5.38. The number of rotatable bonds is 6. The van der Waals surface area contributed by atoms with Gasteiger partial charge in [0.2, 0.25) is 5.91 Å². The van der Waals surface area contributed by atoms with E-state index in [9.17, 15) is 4.79 Å². The summed E-state index contributed by atoms with van der Waals surface area (Å²) in [6, 6.07) is 0. The molecule has 0 atom stereocenters. The Labute approximate surface area is 156 Å². The summed E-state index contributed by atoms with van der Waals surface area (Å²) in [4.78, 5) is 16.6. The molecule has 2 aliphatic rings. The molecule has 0 N–H and O–H groups in total. The number of hydrogen-bond acceptors (Lipinski definition) is 5. The Kier molecular flexibility index (Phi) is 6.80. The molecular formula is C19H31N5O2. The zero-order valence-corrected chi connectivity index (χ0v) is 16.1. The lowest BCUT2D eigenvalue weighted by Gasteiger charge is -2.31. The first-order valence-corrected chi connectivity index (χ1v) is 9.80. The molecule has 144 valence electrons. The van der Waals surface area contributed by atoms with Crippen LogP contribution in [0.1, 0.15) is 50.2 Å². The fraction of sp³-hybridized carbons (Fsp3) is 0.737. The molecule has 0 bridgehead atoms. The van der Waals surface area contributed by atoms with Gasteiger partial charge in [0, 0.05) is 45.6 Å². The van der Waals surface area contributed by atoms with Crippen molar-refractivity contribution in [2.24, 2.45) is 7.05 Å². The highest BCUT2D eigenvalue weighted by molar-refractivity contribution is 5.77. The van der Waals surface area contributed by atoms with Gasteiger partial charge in [-0.1, -0.05) is 19.1 Å². The molecule has 0 aliphatic carbocycles. The zero-order valence-electron chi connectivity index (χ0n) is 16.1. The first kappa shape index (κ1) is 19.0. The summed E-state index contributed by atoms with van der Waals surface area (Å²) >= 11 is 0. The van der Waals surface area contributed by atoms with Crippen molar-refractivity contribution < 1.29 is 9.53 Å². The van der Waals surface area contributed by atoms with Crippen molar-refractivity contribution in [1.29, 1.82) is 0 Å². The first-order chi connectivity index (χ1) is 12.7. The molecule has 1 amide bonds. The molecule has 3 rings (SSSR count). The second-order valence-electron chi connectivity index (χ2n) is 7.16. The van der Waals surface area contributed by atoms with Crippen LogP contribution in [0.2, 0.25) is 0 Å². The average molecular weight is 361 g/mol. The number of aromatic nitrogens is 3. The molecule has 0 radical (unpaired) electrons. The molecule has 7 nitrogen and oxygen atoms in total. The molecule has 0 aromatic carbocycles. The van der Waals surface area contributed by atoms with E-state index in [4.69, 9.17) is 4.74 Å². The molecule has 2 saturated heterocycles. The monoisotopic (exact) mass is 361 g/mol. The smallest absolute Gasteiger partial charge is 0.226 e. The highest BCUT2D eigenvalue weighted by Gasteiger charge is 2.27. The van der Waals surface area contributed by atoms with Crippen molar-refractivity contribution in [3.63, 3.8) is 0 Å². The molecule has 2 fully saturated rings. The second kappa shape index (κ2) is 9.28. The molecule has 0 spiro atoms. The highest BCUT2D eigenvalue weighted by Crippen LogP contribution is 2.27. The lowest BCUT2D eigenvalue weighted by molar-refractivity contribution is -0.131. The minimum absolute atomic E-state index is 0.235. The molecule has 1 aromatic heterocycles. The summed E-state index contributed by atoms with van der Waals surface area (Å²) in [6.07, 6.45) is 7.47. The molecule has 0 saturated carbocycles. The average Bonchev–Trinajstić information content (AvgIpc) is 3.03. The normalized spacial score (nSPS) is 20.2. The maximum Gasteiger partial charge on any atom is 0.226 e. The molecule has 7 heteroatoms. The van der Waals surface area contributed by atoms with Gasteiger partial charge in [-0.2, -0.15) is 0 Å². The topological polar surface area (TPSA) is 63.5 Å². The van der Waals surface area contributed by atoms with E-state index in [2.05, 4.69) is 39.7 Å². The van der Waals surface area contributed by atoms with Crippen molar-refractivity contribution in [2.75, 3.05) is 39.4 Å². The maximum absolute atomic E-state index is 12.2. The quantitative estimate of drug-likeness (QED) is 0.722. The summed E-state index contributed by atoms with van der Waals surface area (Å²) in [6.45, 7) is 8.04. The van der Waals surface area contributed by atoms with E-state index >= 15 is 0 Å². The van der Waals surface area contributed by atoms with Crippen LogP contribution < -0.4 is 0 Å². The van der Waals surface area contributed by atoms with Crippen LogP contribution in [0.5, 0.6) is 0 Å². The Morgan fingerprint density at radius 1 is 1.15 bits per heavy atom. The molecule has 1 aromatic rings. The summed E-state index contributed by atoms with van der Waals surface area (Å²) < 4.78 is 7.56. The van der Waals surface area contributed by atoms with Gasteiger partial charge in [0.1, 0.15) is 11.6 Å². The summed E-state index contributed by atoms with van der Waals surface area (Å²) in [7, 11) is 2.07. The van der Waals surface area contributed by atoms with Gasteiger partial charge in [-0.3, -0.25) is 9.69 Å². The van der Waals surface area contributed by atoms with Crippen LogP contribution >= 0.6 is 0 Å².